The minimum absolute atomic E-state index is 0.148. The molecule has 0 bridgehead atoms. The average molecular weight is 414 g/mol. The number of hydrogen-bond acceptors (Lipinski definition) is 5. The highest BCUT2D eigenvalue weighted by atomic mass is 35.5. The largest absolute Gasteiger partial charge is 0.507 e. The fourth-order valence-electron chi connectivity index (χ4n) is 3.27. The predicted molar refractivity (Wildman–Crippen MR) is 109 cm³/mol. The number of amides is 2. The van der Waals surface area contributed by atoms with E-state index in [4.69, 9.17) is 16.3 Å². The minimum atomic E-state index is -0.425. The molecule has 8 heteroatoms. The summed E-state index contributed by atoms with van der Waals surface area (Å²) in [4.78, 5) is 30.8. The van der Waals surface area contributed by atoms with Crippen LogP contribution in [0.15, 0.2) is 18.3 Å². The van der Waals surface area contributed by atoms with E-state index in [1.807, 2.05) is 0 Å². The first-order chi connectivity index (χ1) is 13.8. The number of methoxy groups -OCH3 is 1. The zero-order valence-electron chi connectivity index (χ0n) is 16.3. The minimum Gasteiger partial charge on any atom is -0.507 e. The van der Waals surface area contributed by atoms with E-state index in [1.165, 1.54) is 13.2 Å². The summed E-state index contributed by atoms with van der Waals surface area (Å²) in [7, 11) is 1.44. The number of hydrogen-bond donors (Lipinski definition) is 2. The maximum absolute atomic E-state index is 13.1. The number of nitrogens with one attached hydrogen (secondary N) is 1. The van der Waals surface area contributed by atoms with Gasteiger partial charge in [-0.3, -0.25) is 14.6 Å². The number of fused-ring (bicyclic) bond motifs is 1. The van der Waals surface area contributed by atoms with E-state index in [9.17, 15) is 14.7 Å². The van der Waals surface area contributed by atoms with E-state index in [1.54, 1.807) is 31.0 Å². The zero-order chi connectivity index (χ0) is 21.1. The fourth-order valence-corrected chi connectivity index (χ4v) is 3.49. The summed E-state index contributed by atoms with van der Waals surface area (Å²) in [5.74, 6) is 4.31. The highest BCUT2D eigenvalue weighted by Crippen LogP contribution is 2.37. The number of phenols is 1. The molecule has 1 aromatic carbocycles. The first kappa shape index (κ1) is 20.5. The number of carbonyl (C=O) groups excluding carboxylic acids is 2. The number of aromatic nitrogens is 1. The zero-order valence-corrected chi connectivity index (χ0v) is 17.1. The lowest BCUT2D eigenvalue weighted by Crippen LogP contribution is -2.36. The van der Waals surface area contributed by atoms with Crippen LogP contribution in [-0.2, 0) is 17.8 Å². The van der Waals surface area contributed by atoms with Crippen LogP contribution in [0, 0.1) is 18.8 Å². The molecule has 0 radical (unpaired) electrons. The van der Waals surface area contributed by atoms with Gasteiger partial charge in [0.15, 0.2) is 0 Å². The normalized spacial score (nSPS) is 12.5. The molecule has 0 spiro atoms. The third-order valence-corrected chi connectivity index (χ3v) is 5.17. The summed E-state index contributed by atoms with van der Waals surface area (Å²) < 4.78 is 5.13. The van der Waals surface area contributed by atoms with Crippen LogP contribution in [0.1, 0.15) is 34.1 Å². The van der Waals surface area contributed by atoms with Gasteiger partial charge in [-0.2, -0.15) is 0 Å². The second kappa shape index (κ2) is 8.41. The smallest absolute Gasteiger partial charge is 0.300 e. The Morgan fingerprint density at radius 1 is 1.38 bits per heavy atom. The number of benzene rings is 1. The summed E-state index contributed by atoms with van der Waals surface area (Å²) in [5.41, 5.74) is 2.80. The van der Waals surface area contributed by atoms with Crippen molar-refractivity contribution in [1.82, 2.24) is 9.88 Å². The van der Waals surface area contributed by atoms with E-state index in [2.05, 4.69) is 22.1 Å². The van der Waals surface area contributed by atoms with Gasteiger partial charge in [-0.25, -0.2) is 0 Å². The Bertz CT molecular complexity index is 1060. The van der Waals surface area contributed by atoms with Crippen molar-refractivity contribution in [2.45, 2.75) is 26.8 Å². The molecule has 0 saturated heterocycles. The molecule has 150 valence electrons. The van der Waals surface area contributed by atoms with Crippen LogP contribution in [0.5, 0.6) is 11.5 Å². The molecule has 2 aromatic rings. The summed E-state index contributed by atoms with van der Waals surface area (Å²) in [5, 5.41) is 13.3. The lowest BCUT2D eigenvalue weighted by Gasteiger charge is -2.29. The van der Waals surface area contributed by atoms with Gasteiger partial charge >= 0.3 is 0 Å². The van der Waals surface area contributed by atoms with Crippen molar-refractivity contribution in [1.29, 1.82) is 0 Å². The van der Waals surface area contributed by atoms with Gasteiger partial charge in [-0.05, 0) is 37.0 Å². The fraction of sp³-hybridized carbons (Fsp3) is 0.286. The third kappa shape index (κ3) is 4.13. The van der Waals surface area contributed by atoms with Crippen LogP contribution in [0.3, 0.4) is 0 Å². The maximum atomic E-state index is 13.1. The number of pyridine rings is 1. The molecule has 0 atom stereocenters. The summed E-state index contributed by atoms with van der Waals surface area (Å²) in [6, 6.07) is 3.12. The Morgan fingerprint density at radius 2 is 2.14 bits per heavy atom. The molecule has 1 aromatic heterocycles. The lowest BCUT2D eigenvalue weighted by molar-refractivity contribution is -0.111. The van der Waals surface area contributed by atoms with Crippen LogP contribution in [-0.4, -0.2) is 40.5 Å². The van der Waals surface area contributed by atoms with Crippen molar-refractivity contribution < 1.29 is 19.4 Å². The number of phenolic OH excluding ortho intramolecular Hbond substituents is 1. The van der Waals surface area contributed by atoms with E-state index >= 15 is 0 Å². The SMILES string of the molecule is CC#CC(=O)Nc1cnc2c(c1)CN(C(=O)c1c(O)cc(OC)c(Cl)c1C)CC2. The average Bonchev–Trinajstić information content (AvgIpc) is 2.70. The van der Waals surface area contributed by atoms with Gasteiger partial charge in [-0.15, -0.1) is 0 Å². The Balaban J connectivity index is 1.87. The summed E-state index contributed by atoms with van der Waals surface area (Å²) in [6.45, 7) is 4.00. The molecule has 2 amide bonds. The quantitative estimate of drug-likeness (QED) is 0.755. The van der Waals surface area contributed by atoms with Gasteiger partial charge in [0.25, 0.3) is 11.8 Å². The van der Waals surface area contributed by atoms with Crippen molar-refractivity contribution in [3.63, 3.8) is 0 Å². The van der Waals surface area contributed by atoms with E-state index < -0.39 is 5.91 Å². The van der Waals surface area contributed by atoms with Crippen molar-refractivity contribution in [2.24, 2.45) is 0 Å². The van der Waals surface area contributed by atoms with Gasteiger partial charge in [-0.1, -0.05) is 17.5 Å². The molecule has 3 rings (SSSR count). The molecule has 1 aliphatic heterocycles. The van der Waals surface area contributed by atoms with Crippen molar-refractivity contribution in [2.75, 3.05) is 19.0 Å². The molecule has 0 unspecified atom stereocenters. The molecule has 2 heterocycles. The number of anilines is 1. The van der Waals surface area contributed by atoms with Crippen molar-refractivity contribution >= 4 is 29.1 Å². The van der Waals surface area contributed by atoms with Crippen LogP contribution >= 0.6 is 11.6 Å². The molecule has 0 saturated carbocycles. The molecule has 0 fully saturated rings. The molecular formula is C21H20ClN3O4. The number of halogens is 1. The summed E-state index contributed by atoms with van der Waals surface area (Å²) in [6.07, 6.45) is 2.14. The van der Waals surface area contributed by atoms with E-state index in [0.717, 1.165) is 11.3 Å². The topological polar surface area (TPSA) is 91.8 Å². The van der Waals surface area contributed by atoms with Gasteiger partial charge in [0, 0.05) is 31.3 Å². The third-order valence-electron chi connectivity index (χ3n) is 4.70. The van der Waals surface area contributed by atoms with E-state index in [0.29, 0.717) is 36.5 Å². The monoisotopic (exact) mass is 413 g/mol. The Kier molecular flexibility index (Phi) is 5.95. The molecule has 1 aliphatic rings. The standard InChI is InChI=1S/C21H20ClN3O4/c1-4-5-18(27)24-14-8-13-11-25(7-6-15(13)23-10-14)21(28)19-12(2)20(22)17(29-3)9-16(19)26/h8-10,26H,6-7,11H2,1-3H3,(H,24,27). The van der Waals surface area contributed by atoms with Crippen LogP contribution < -0.4 is 10.1 Å². The highest BCUT2D eigenvalue weighted by Gasteiger charge is 2.28. The second-order valence-electron chi connectivity index (χ2n) is 6.55. The van der Waals surface area contributed by atoms with Gasteiger partial charge in [0.05, 0.1) is 29.6 Å². The number of carbonyl (C=O) groups is 2. The van der Waals surface area contributed by atoms with E-state index in [-0.39, 0.29) is 22.2 Å². The van der Waals surface area contributed by atoms with Crippen LogP contribution in [0.2, 0.25) is 5.02 Å². The second-order valence-corrected chi connectivity index (χ2v) is 6.93. The number of aromatic hydroxyl groups is 1. The first-order valence-electron chi connectivity index (χ1n) is 8.92. The number of nitrogens with zero attached hydrogens (tertiary/aromatic N) is 2. The highest BCUT2D eigenvalue weighted by molar-refractivity contribution is 6.33. The molecule has 0 aliphatic carbocycles. The van der Waals surface area contributed by atoms with Crippen molar-refractivity contribution in [3.05, 3.63) is 45.7 Å². The maximum Gasteiger partial charge on any atom is 0.300 e. The first-order valence-corrected chi connectivity index (χ1v) is 9.30. The Hall–Kier alpha value is -3.24. The lowest BCUT2D eigenvalue weighted by atomic mass is 10.0. The number of ether oxygens (including phenoxy) is 1. The van der Waals surface area contributed by atoms with Gasteiger partial charge in [0.2, 0.25) is 0 Å². The molecule has 29 heavy (non-hydrogen) atoms. The summed E-state index contributed by atoms with van der Waals surface area (Å²) >= 11 is 6.26. The Morgan fingerprint density at radius 3 is 2.83 bits per heavy atom. The predicted octanol–water partition coefficient (Wildman–Crippen LogP) is 2.92. The van der Waals surface area contributed by atoms with Crippen LogP contribution in [0.25, 0.3) is 0 Å². The number of rotatable bonds is 3. The van der Waals surface area contributed by atoms with Crippen molar-refractivity contribution in [3.8, 4) is 23.3 Å². The molecule has 2 N–H and O–H groups in total. The van der Waals surface area contributed by atoms with Gasteiger partial charge < -0.3 is 20.1 Å². The molecular weight excluding hydrogens is 394 g/mol. The Labute approximate surface area is 173 Å². The molecule has 7 nitrogen and oxygen atoms in total. The van der Waals surface area contributed by atoms with Gasteiger partial charge in [0.1, 0.15) is 11.5 Å². The van der Waals surface area contributed by atoms with Crippen LogP contribution in [0.4, 0.5) is 5.69 Å².